The van der Waals surface area contributed by atoms with E-state index < -0.39 is 0 Å². The average molecular weight is 223 g/mol. The van der Waals surface area contributed by atoms with Crippen LogP contribution in [-0.2, 0) is 13.0 Å². The molecule has 1 unspecified atom stereocenters. The Bertz CT molecular complexity index is 326. The summed E-state index contributed by atoms with van der Waals surface area (Å²) < 4.78 is 5.67. The van der Waals surface area contributed by atoms with Crippen LogP contribution in [0.25, 0.3) is 0 Å². The first-order valence-corrected chi connectivity index (χ1v) is 5.96. The van der Waals surface area contributed by atoms with Gasteiger partial charge in [-0.05, 0) is 31.4 Å². The van der Waals surface area contributed by atoms with Gasteiger partial charge in [-0.2, -0.15) is 0 Å². The zero-order valence-electron chi connectivity index (χ0n) is 10.4. The smallest absolute Gasteiger partial charge is 0.214 e. The normalized spacial score (nSPS) is 12.5. The minimum Gasteiger partial charge on any atom is -0.475 e. The Labute approximate surface area is 97.5 Å². The predicted molar refractivity (Wildman–Crippen MR) is 64.5 cm³/mol. The second kappa shape index (κ2) is 6.48. The quantitative estimate of drug-likeness (QED) is 0.806. The molecule has 1 aromatic heterocycles. The lowest BCUT2D eigenvalue weighted by atomic mass is 10.2. The number of pyridine rings is 1. The van der Waals surface area contributed by atoms with Crippen molar-refractivity contribution >= 4 is 0 Å². The van der Waals surface area contributed by atoms with E-state index in [1.165, 1.54) is 0 Å². The highest BCUT2D eigenvalue weighted by molar-refractivity contribution is 5.25. The summed E-state index contributed by atoms with van der Waals surface area (Å²) in [5.41, 5.74) is 1.86. The summed E-state index contributed by atoms with van der Waals surface area (Å²) in [5, 5.41) is 9.16. The van der Waals surface area contributed by atoms with Gasteiger partial charge in [0.25, 0.3) is 0 Å². The van der Waals surface area contributed by atoms with Gasteiger partial charge in [0.1, 0.15) is 0 Å². The Morgan fingerprint density at radius 2 is 2.12 bits per heavy atom. The topological polar surface area (TPSA) is 42.4 Å². The van der Waals surface area contributed by atoms with Crippen LogP contribution in [0.1, 0.15) is 44.9 Å². The number of aromatic nitrogens is 1. The lowest BCUT2D eigenvalue weighted by molar-refractivity contribution is 0.206. The van der Waals surface area contributed by atoms with Crippen molar-refractivity contribution in [1.29, 1.82) is 0 Å². The van der Waals surface area contributed by atoms with Gasteiger partial charge >= 0.3 is 0 Å². The van der Waals surface area contributed by atoms with E-state index in [9.17, 15) is 0 Å². The third-order valence-corrected chi connectivity index (χ3v) is 2.50. The fraction of sp³-hybridized carbons (Fsp3) is 0.615. The third kappa shape index (κ3) is 3.81. The number of hydrogen-bond donors (Lipinski definition) is 1. The predicted octanol–water partition coefficient (Wildman–Crippen LogP) is 2.70. The lowest BCUT2D eigenvalue weighted by Crippen LogP contribution is -2.11. The highest BCUT2D eigenvalue weighted by Gasteiger charge is 2.06. The van der Waals surface area contributed by atoms with E-state index in [4.69, 9.17) is 9.84 Å². The molecule has 1 atom stereocenters. The van der Waals surface area contributed by atoms with Crippen molar-refractivity contribution in [3.63, 3.8) is 0 Å². The molecule has 0 aliphatic carbocycles. The van der Waals surface area contributed by atoms with Gasteiger partial charge in [0.2, 0.25) is 5.88 Å². The molecule has 0 aliphatic rings. The molecule has 3 heteroatoms. The maximum absolute atomic E-state index is 9.16. The highest BCUT2D eigenvalue weighted by atomic mass is 16.5. The molecule has 0 radical (unpaired) electrons. The number of hydrogen-bond acceptors (Lipinski definition) is 3. The van der Waals surface area contributed by atoms with Crippen LogP contribution in [0.2, 0.25) is 0 Å². The van der Waals surface area contributed by atoms with Crippen molar-refractivity contribution in [3.05, 3.63) is 23.4 Å². The first kappa shape index (κ1) is 13.0. The van der Waals surface area contributed by atoms with Crippen molar-refractivity contribution < 1.29 is 9.84 Å². The van der Waals surface area contributed by atoms with Crippen molar-refractivity contribution in [2.75, 3.05) is 0 Å². The molecule has 0 amide bonds. The maximum atomic E-state index is 9.16. The minimum absolute atomic E-state index is 0.0378. The second-order valence-electron chi connectivity index (χ2n) is 4.05. The lowest BCUT2D eigenvalue weighted by Gasteiger charge is -2.13. The van der Waals surface area contributed by atoms with E-state index in [2.05, 4.69) is 18.8 Å². The van der Waals surface area contributed by atoms with Gasteiger partial charge in [0.15, 0.2) is 0 Å². The van der Waals surface area contributed by atoms with E-state index in [0.717, 1.165) is 30.5 Å². The van der Waals surface area contributed by atoms with Crippen molar-refractivity contribution in [3.8, 4) is 5.88 Å². The van der Waals surface area contributed by atoms with Crippen LogP contribution in [-0.4, -0.2) is 16.2 Å². The van der Waals surface area contributed by atoms with Gasteiger partial charge in [-0.3, -0.25) is 0 Å². The molecule has 0 saturated carbocycles. The van der Waals surface area contributed by atoms with E-state index in [0.29, 0.717) is 5.88 Å². The fourth-order valence-corrected chi connectivity index (χ4v) is 1.45. The van der Waals surface area contributed by atoms with E-state index >= 15 is 0 Å². The molecule has 0 bridgehead atoms. The van der Waals surface area contributed by atoms with Crippen LogP contribution in [0.4, 0.5) is 0 Å². The molecule has 3 nitrogen and oxygen atoms in total. The van der Waals surface area contributed by atoms with E-state index in [1.807, 2.05) is 19.1 Å². The highest BCUT2D eigenvalue weighted by Crippen LogP contribution is 2.16. The SMILES string of the molecule is CCCc1cc(CO)cc(OC(C)CC)n1. The van der Waals surface area contributed by atoms with Crippen LogP contribution in [0.3, 0.4) is 0 Å². The summed E-state index contributed by atoms with van der Waals surface area (Å²) in [6.45, 7) is 6.25. The number of aliphatic hydroxyl groups is 1. The first-order valence-electron chi connectivity index (χ1n) is 5.96. The largest absolute Gasteiger partial charge is 0.475 e. The third-order valence-electron chi connectivity index (χ3n) is 2.50. The molecule has 0 fully saturated rings. The van der Waals surface area contributed by atoms with Gasteiger partial charge in [-0.15, -0.1) is 0 Å². The zero-order chi connectivity index (χ0) is 12.0. The fourth-order valence-electron chi connectivity index (χ4n) is 1.45. The van der Waals surface area contributed by atoms with Crippen LogP contribution in [0.5, 0.6) is 5.88 Å². The summed E-state index contributed by atoms with van der Waals surface area (Å²) in [6, 6.07) is 3.75. The summed E-state index contributed by atoms with van der Waals surface area (Å²) in [7, 11) is 0. The molecular formula is C13H21NO2. The summed E-state index contributed by atoms with van der Waals surface area (Å²) in [4.78, 5) is 4.43. The van der Waals surface area contributed by atoms with Gasteiger partial charge < -0.3 is 9.84 Å². The molecule has 90 valence electrons. The van der Waals surface area contributed by atoms with Crippen molar-refractivity contribution in [1.82, 2.24) is 4.98 Å². The number of aliphatic hydroxyl groups excluding tert-OH is 1. The van der Waals surface area contributed by atoms with Crippen molar-refractivity contribution in [2.45, 2.75) is 52.7 Å². The molecule has 1 N–H and O–H groups in total. The van der Waals surface area contributed by atoms with Gasteiger partial charge in [-0.1, -0.05) is 20.3 Å². The Morgan fingerprint density at radius 3 is 2.69 bits per heavy atom. The second-order valence-corrected chi connectivity index (χ2v) is 4.05. The molecule has 1 rings (SSSR count). The van der Waals surface area contributed by atoms with Crippen LogP contribution >= 0.6 is 0 Å². The summed E-state index contributed by atoms with van der Waals surface area (Å²) >= 11 is 0. The Hall–Kier alpha value is -1.09. The Morgan fingerprint density at radius 1 is 1.38 bits per heavy atom. The van der Waals surface area contributed by atoms with Crippen LogP contribution < -0.4 is 4.74 Å². The molecule has 1 heterocycles. The van der Waals surface area contributed by atoms with Gasteiger partial charge in [0.05, 0.1) is 12.7 Å². The molecule has 16 heavy (non-hydrogen) atoms. The average Bonchev–Trinajstić information content (AvgIpc) is 2.29. The molecule has 0 spiro atoms. The molecular weight excluding hydrogens is 202 g/mol. The van der Waals surface area contributed by atoms with Crippen LogP contribution in [0, 0.1) is 0 Å². The Balaban J connectivity index is 2.85. The maximum Gasteiger partial charge on any atom is 0.214 e. The number of aryl methyl sites for hydroxylation is 1. The molecule has 0 aliphatic heterocycles. The molecule has 1 aromatic rings. The Kier molecular flexibility index (Phi) is 5.26. The first-order chi connectivity index (χ1) is 7.69. The van der Waals surface area contributed by atoms with Crippen LogP contribution in [0.15, 0.2) is 12.1 Å². The summed E-state index contributed by atoms with van der Waals surface area (Å²) in [5.74, 6) is 0.629. The zero-order valence-corrected chi connectivity index (χ0v) is 10.4. The van der Waals surface area contributed by atoms with E-state index in [-0.39, 0.29) is 12.7 Å². The number of ether oxygens (including phenoxy) is 1. The van der Waals surface area contributed by atoms with Crippen molar-refractivity contribution in [2.24, 2.45) is 0 Å². The number of rotatable bonds is 6. The summed E-state index contributed by atoms with van der Waals surface area (Å²) in [6.07, 6.45) is 3.08. The van der Waals surface area contributed by atoms with Gasteiger partial charge in [-0.25, -0.2) is 4.98 Å². The van der Waals surface area contributed by atoms with E-state index in [1.54, 1.807) is 0 Å². The monoisotopic (exact) mass is 223 g/mol. The molecule has 0 aromatic carbocycles. The van der Waals surface area contributed by atoms with Gasteiger partial charge in [0, 0.05) is 11.8 Å². The standard InChI is InChI=1S/C13H21NO2/c1-4-6-12-7-11(9-15)8-13(14-12)16-10(3)5-2/h7-8,10,15H,4-6,9H2,1-3H3. The number of nitrogens with zero attached hydrogens (tertiary/aromatic N) is 1. The minimum atomic E-state index is 0.0378. The molecule has 0 saturated heterocycles.